The van der Waals surface area contributed by atoms with E-state index < -0.39 is 17.3 Å². The van der Waals surface area contributed by atoms with E-state index in [-0.39, 0.29) is 13.2 Å². The van der Waals surface area contributed by atoms with Crippen LogP contribution in [0.1, 0.15) is 0 Å². The zero-order chi connectivity index (χ0) is 8.85. The molecule has 0 saturated heterocycles. The molecule has 0 aliphatic heterocycles. The number of aliphatic hydroxyl groups is 1. The molecule has 0 heterocycles. The molecule has 0 aromatic rings. The predicted molar refractivity (Wildman–Crippen MR) is 37.3 cm³/mol. The molecule has 66 valence electrons. The normalized spacial score (nSPS) is 12.5. The van der Waals surface area contributed by atoms with Gasteiger partial charge in [-0.1, -0.05) is 0 Å². The largest absolute Gasteiger partial charge is 0.395 e. The average Bonchev–Trinajstić information content (AvgIpc) is 1.87. The molecule has 0 rings (SSSR count). The number of hydrogen-bond donors (Lipinski definition) is 4. The molecule has 11 heavy (non-hydrogen) atoms. The zero-order valence-electron chi connectivity index (χ0n) is 5.56. The minimum Gasteiger partial charge on any atom is -0.395 e. The van der Waals surface area contributed by atoms with Crippen LogP contribution in [0, 0.1) is 0 Å². The second-order valence-electron chi connectivity index (χ2n) is 1.50. The molecule has 0 radical (unpaired) electrons. The number of nitrogens with zero attached hydrogens (tertiary/aromatic N) is 1. The quantitative estimate of drug-likeness (QED) is 0.297. The maximum atomic E-state index is 10.3. The Hall–Kier alpha value is -0.700. The van der Waals surface area contributed by atoms with Gasteiger partial charge in [0.2, 0.25) is 0 Å². The Morgan fingerprint density at radius 2 is 2.27 bits per heavy atom. The Balaban J connectivity index is 3.90. The van der Waals surface area contributed by atoms with Crippen LogP contribution in [0.15, 0.2) is 0 Å². The Morgan fingerprint density at radius 3 is 2.55 bits per heavy atom. The van der Waals surface area contributed by atoms with Gasteiger partial charge in [-0.15, -0.1) is 4.41 Å². The summed E-state index contributed by atoms with van der Waals surface area (Å²) in [6.07, 6.45) is 0. The summed E-state index contributed by atoms with van der Waals surface area (Å²) < 4.78 is 18.9. The number of aliphatic hydroxyl groups excluding tert-OH is 1. The highest BCUT2D eigenvalue weighted by Crippen LogP contribution is 1.84. The Kier molecular flexibility index (Phi) is 4.70. The summed E-state index contributed by atoms with van der Waals surface area (Å²) in [4.78, 5) is 10.3. The van der Waals surface area contributed by atoms with Crippen LogP contribution in [0.3, 0.4) is 0 Å². The third-order valence-electron chi connectivity index (χ3n) is 0.724. The maximum Gasteiger partial charge on any atom is 0.343 e. The van der Waals surface area contributed by atoms with Crippen LogP contribution in [-0.4, -0.2) is 37.5 Å². The second kappa shape index (κ2) is 5.02. The van der Waals surface area contributed by atoms with E-state index >= 15 is 0 Å². The molecule has 8 heteroatoms. The van der Waals surface area contributed by atoms with Gasteiger partial charge >= 0.3 is 6.03 Å². The maximum absolute atomic E-state index is 10.3. The molecule has 5 N–H and O–H groups in total. The van der Waals surface area contributed by atoms with Crippen LogP contribution in [-0.2, 0) is 11.3 Å². The van der Waals surface area contributed by atoms with Gasteiger partial charge in [-0.2, -0.15) is 0 Å². The fourth-order valence-corrected chi connectivity index (χ4v) is 0.717. The second-order valence-corrected chi connectivity index (χ2v) is 2.32. The molecule has 0 bridgehead atoms. The van der Waals surface area contributed by atoms with Crippen LogP contribution < -0.4 is 11.2 Å². The highest BCUT2D eigenvalue weighted by Gasteiger charge is 2.13. The van der Waals surface area contributed by atoms with Crippen molar-refractivity contribution in [2.75, 3.05) is 13.2 Å². The molecular formula is C3H9N3O4S. The van der Waals surface area contributed by atoms with Crippen molar-refractivity contribution < 1.29 is 18.7 Å². The number of rotatable bonds is 4. The number of nitrogens with two attached hydrogens (primary N) is 1. The summed E-state index contributed by atoms with van der Waals surface area (Å²) in [5.74, 6) is 0. The van der Waals surface area contributed by atoms with Crippen molar-refractivity contribution in [3.8, 4) is 0 Å². The number of urea groups is 1. The van der Waals surface area contributed by atoms with E-state index in [1.54, 1.807) is 0 Å². The minimum atomic E-state index is -2.50. The third-order valence-corrected chi connectivity index (χ3v) is 1.34. The van der Waals surface area contributed by atoms with Crippen LogP contribution in [0.4, 0.5) is 4.79 Å². The summed E-state index contributed by atoms with van der Waals surface area (Å²) in [7, 11) is 0. The van der Waals surface area contributed by atoms with Crippen LogP contribution in [0.5, 0.6) is 0 Å². The first kappa shape index (κ1) is 10.3. The van der Waals surface area contributed by atoms with Crippen molar-refractivity contribution in [1.82, 2.24) is 9.84 Å². The lowest BCUT2D eigenvalue weighted by molar-refractivity contribution is 0.208. The number of carbonyl (C=O) groups is 1. The molecule has 0 fully saturated rings. The molecule has 0 saturated carbocycles. The monoisotopic (exact) mass is 183 g/mol. The van der Waals surface area contributed by atoms with Gasteiger partial charge in [0.15, 0.2) is 0 Å². The fourth-order valence-electron chi connectivity index (χ4n) is 0.362. The summed E-state index contributed by atoms with van der Waals surface area (Å²) in [5.41, 5.74) is 6.80. The van der Waals surface area contributed by atoms with Gasteiger partial charge in [0.25, 0.3) is 11.3 Å². The number of nitrogens with one attached hydrogen (secondary N) is 1. The van der Waals surface area contributed by atoms with Gasteiger partial charge in [0.05, 0.1) is 6.61 Å². The molecule has 0 aromatic heterocycles. The lowest BCUT2D eigenvalue weighted by atomic mass is 10.7. The van der Waals surface area contributed by atoms with Gasteiger partial charge in [-0.05, 0) is 0 Å². The number of amides is 2. The van der Waals surface area contributed by atoms with Gasteiger partial charge in [0.1, 0.15) is 0 Å². The molecule has 0 aromatic carbocycles. The van der Waals surface area contributed by atoms with Gasteiger partial charge in [-0.3, -0.25) is 4.55 Å². The summed E-state index contributed by atoms with van der Waals surface area (Å²) >= 11 is -2.50. The summed E-state index contributed by atoms with van der Waals surface area (Å²) in [6.45, 7) is -0.282. The average molecular weight is 183 g/mol. The third kappa shape index (κ3) is 3.88. The lowest BCUT2D eigenvalue weighted by Crippen LogP contribution is -2.47. The zero-order valence-corrected chi connectivity index (χ0v) is 6.37. The van der Waals surface area contributed by atoms with E-state index in [4.69, 9.17) is 9.66 Å². The fraction of sp³-hybridized carbons (Fsp3) is 0.667. The SMILES string of the molecule is NC(=O)N(NCCO)S(=O)O. The first-order chi connectivity index (χ1) is 5.09. The number of hydrazine groups is 1. The predicted octanol–water partition coefficient (Wildman–Crippen LogP) is -2.00. The molecular weight excluding hydrogens is 174 g/mol. The van der Waals surface area contributed by atoms with E-state index in [1.165, 1.54) is 0 Å². The number of primary amides is 1. The molecule has 1 unspecified atom stereocenters. The molecule has 2 amide bonds. The standard InChI is InChI=1S/C3H9N3O4S/c4-3(8)6(11(9)10)5-1-2-7/h5,7H,1-2H2,(H2,4,8)(H,9,10). The van der Waals surface area contributed by atoms with Crippen molar-refractivity contribution in [1.29, 1.82) is 0 Å². The topological polar surface area (TPSA) is 116 Å². The first-order valence-electron chi connectivity index (χ1n) is 2.64. The van der Waals surface area contributed by atoms with E-state index in [1.807, 2.05) is 0 Å². The minimum absolute atomic E-state index is 0.0186. The number of carbonyl (C=O) groups excluding carboxylic acids is 1. The van der Waals surface area contributed by atoms with E-state index in [0.717, 1.165) is 0 Å². The van der Waals surface area contributed by atoms with Gasteiger partial charge < -0.3 is 10.8 Å². The smallest absolute Gasteiger partial charge is 0.343 e. The van der Waals surface area contributed by atoms with Crippen LogP contribution in [0.25, 0.3) is 0 Å². The molecule has 0 aliphatic carbocycles. The van der Waals surface area contributed by atoms with E-state index in [0.29, 0.717) is 4.41 Å². The van der Waals surface area contributed by atoms with Crippen molar-refractivity contribution in [2.24, 2.45) is 5.73 Å². The van der Waals surface area contributed by atoms with E-state index in [2.05, 4.69) is 11.2 Å². The summed E-state index contributed by atoms with van der Waals surface area (Å²) in [6, 6.07) is -1.08. The van der Waals surface area contributed by atoms with Crippen molar-refractivity contribution >= 4 is 17.3 Å². The first-order valence-corrected chi connectivity index (χ1v) is 3.71. The van der Waals surface area contributed by atoms with Gasteiger partial charge in [-0.25, -0.2) is 14.4 Å². The highest BCUT2D eigenvalue weighted by molar-refractivity contribution is 7.77. The molecule has 0 spiro atoms. The van der Waals surface area contributed by atoms with Crippen molar-refractivity contribution in [3.05, 3.63) is 0 Å². The van der Waals surface area contributed by atoms with Crippen molar-refractivity contribution in [2.45, 2.75) is 0 Å². The Bertz CT molecular complexity index is 149. The van der Waals surface area contributed by atoms with E-state index in [9.17, 15) is 9.00 Å². The molecule has 7 nitrogen and oxygen atoms in total. The van der Waals surface area contributed by atoms with Crippen LogP contribution in [0.2, 0.25) is 0 Å². The molecule has 0 aliphatic rings. The molecule has 1 atom stereocenters. The Labute approximate surface area is 65.6 Å². The van der Waals surface area contributed by atoms with Gasteiger partial charge in [0, 0.05) is 6.54 Å². The Morgan fingerprint density at radius 1 is 1.73 bits per heavy atom. The lowest BCUT2D eigenvalue weighted by Gasteiger charge is -2.14. The van der Waals surface area contributed by atoms with Crippen molar-refractivity contribution in [3.63, 3.8) is 0 Å². The number of hydrogen-bond acceptors (Lipinski definition) is 4. The summed E-state index contributed by atoms with van der Waals surface area (Å²) in [5, 5.41) is 8.26. The van der Waals surface area contributed by atoms with Crippen LogP contribution >= 0.6 is 0 Å². The highest BCUT2D eigenvalue weighted by atomic mass is 32.2.